The minimum absolute atomic E-state index is 0.360. The predicted octanol–water partition coefficient (Wildman–Crippen LogP) is 1.65. The molecule has 1 aliphatic heterocycles. The van der Waals surface area contributed by atoms with Crippen LogP contribution in [0.25, 0.3) is 0 Å². The van der Waals surface area contributed by atoms with Gasteiger partial charge in [-0.2, -0.15) is 0 Å². The molecule has 0 atom stereocenters. The maximum absolute atomic E-state index is 5.34. The van der Waals surface area contributed by atoms with E-state index in [9.17, 15) is 0 Å². The van der Waals surface area contributed by atoms with E-state index in [-0.39, 0.29) is 0 Å². The van der Waals surface area contributed by atoms with Gasteiger partial charge in [0.05, 0.1) is 0 Å². The molecule has 1 heterocycles. The summed E-state index contributed by atoms with van der Waals surface area (Å²) in [6.45, 7) is 6.26. The number of benzene rings is 1. The topological polar surface area (TPSA) is 18.5 Å². The van der Waals surface area contributed by atoms with Gasteiger partial charge in [-0.1, -0.05) is 0 Å². The Hall–Kier alpha value is -1.12. The fourth-order valence-corrected chi connectivity index (χ4v) is 1.46. The second-order valence-corrected chi connectivity index (χ2v) is 3.18. The van der Waals surface area contributed by atoms with Gasteiger partial charge in [0.15, 0.2) is 0 Å². The predicted molar refractivity (Wildman–Crippen MR) is 49.1 cm³/mol. The van der Waals surface area contributed by atoms with E-state index in [4.69, 9.17) is 9.31 Å². The van der Waals surface area contributed by atoms with Crippen LogP contribution in [-0.4, -0.2) is 7.69 Å². The zero-order chi connectivity index (χ0) is 8.72. The second-order valence-electron chi connectivity index (χ2n) is 3.18. The lowest BCUT2D eigenvalue weighted by Crippen LogP contribution is -2.00. The summed E-state index contributed by atoms with van der Waals surface area (Å²) in [5, 5.41) is 0. The summed E-state index contributed by atoms with van der Waals surface area (Å²) in [5.41, 5.74) is 3.75. The molecule has 3 heteroatoms. The van der Waals surface area contributed by atoms with Crippen molar-refractivity contribution in [3.8, 4) is 11.5 Å². The zero-order valence-corrected chi connectivity index (χ0v) is 7.60. The molecule has 0 fully saturated rings. The Kier molecular flexibility index (Phi) is 1.53. The van der Waals surface area contributed by atoms with Crippen LogP contribution in [0, 0.1) is 20.8 Å². The van der Waals surface area contributed by atoms with Crippen LogP contribution in [0.3, 0.4) is 0 Å². The molecule has 1 aromatic carbocycles. The highest BCUT2D eigenvalue weighted by Crippen LogP contribution is 2.37. The van der Waals surface area contributed by atoms with Gasteiger partial charge < -0.3 is 9.31 Å². The van der Waals surface area contributed by atoms with Crippen molar-refractivity contribution in [2.45, 2.75) is 20.8 Å². The van der Waals surface area contributed by atoms with Gasteiger partial charge in [-0.3, -0.25) is 0 Å². The summed E-state index contributed by atoms with van der Waals surface area (Å²) in [6.07, 6.45) is 0. The van der Waals surface area contributed by atoms with Gasteiger partial charge in [0.25, 0.3) is 0 Å². The Morgan fingerprint density at radius 2 is 1.83 bits per heavy atom. The third-order valence-electron chi connectivity index (χ3n) is 2.48. The maximum atomic E-state index is 5.34. The van der Waals surface area contributed by atoms with E-state index in [1.54, 1.807) is 0 Å². The van der Waals surface area contributed by atoms with Gasteiger partial charge in [0, 0.05) is 0 Å². The molecule has 1 aromatic rings. The molecule has 2 rings (SSSR count). The normalized spacial score (nSPS) is 12.9. The van der Waals surface area contributed by atoms with Gasteiger partial charge in [-0.25, -0.2) is 0 Å². The smallest absolute Gasteiger partial charge is 0.526 e. The fourth-order valence-electron chi connectivity index (χ4n) is 1.46. The van der Waals surface area contributed by atoms with Gasteiger partial charge in [-0.15, -0.1) is 0 Å². The molecule has 0 unspecified atom stereocenters. The van der Waals surface area contributed by atoms with Crippen LogP contribution in [-0.2, 0) is 0 Å². The van der Waals surface area contributed by atoms with Crippen molar-refractivity contribution >= 4 is 7.69 Å². The third-order valence-corrected chi connectivity index (χ3v) is 2.48. The first kappa shape index (κ1) is 7.53. The Morgan fingerprint density at radius 1 is 1.08 bits per heavy atom. The second kappa shape index (κ2) is 2.44. The van der Waals surface area contributed by atoms with Crippen molar-refractivity contribution in [2.75, 3.05) is 0 Å². The minimum atomic E-state index is 0.360. The Labute approximate surface area is 72.8 Å². The van der Waals surface area contributed by atoms with Crippen molar-refractivity contribution in [3.63, 3.8) is 0 Å². The lowest BCUT2D eigenvalue weighted by atomic mass is 10.0. The minimum Gasteiger partial charge on any atom is -0.526 e. The Morgan fingerprint density at radius 3 is 2.58 bits per heavy atom. The summed E-state index contributed by atoms with van der Waals surface area (Å²) in [5.74, 6) is 1.80. The van der Waals surface area contributed by atoms with Gasteiger partial charge in [0.2, 0.25) is 0 Å². The van der Waals surface area contributed by atoms with E-state index in [2.05, 4.69) is 20.8 Å². The van der Waals surface area contributed by atoms with Crippen LogP contribution >= 0.6 is 0 Å². The summed E-state index contributed by atoms with van der Waals surface area (Å²) >= 11 is 0. The first-order valence-electron chi connectivity index (χ1n) is 4.06. The highest BCUT2D eigenvalue weighted by Gasteiger charge is 2.19. The van der Waals surface area contributed by atoms with E-state index >= 15 is 0 Å². The molecule has 0 saturated carbocycles. The third kappa shape index (κ3) is 0.892. The summed E-state index contributed by atoms with van der Waals surface area (Å²) in [4.78, 5) is 0. The lowest BCUT2D eigenvalue weighted by molar-refractivity contribution is 0.540. The van der Waals surface area contributed by atoms with Crippen LogP contribution < -0.4 is 9.31 Å². The molecule has 0 aliphatic carbocycles. The maximum Gasteiger partial charge on any atom is 0.576 e. The first-order valence-corrected chi connectivity index (χ1v) is 4.06. The molecule has 0 amide bonds. The van der Waals surface area contributed by atoms with Crippen molar-refractivity contribution in [2.24, 2.45) is 0 Å². The average Bonchev–Trinajstić information content (AvgIpc) is 2.48. The molecule has 0 spiro atoms. The number of rotatable bonds is 0. The molecule has 12 heavy (non-hydrogen) atoms. The molecule has 0 N–H and O–H groups in total. The van der Waals surface area contributed by atoms with Gasteiger partial charge >= 0.3 is 7.69 Å². The summed E-state index contributed by atoms with van der Waals surface area (Å²) < 4.78 is 10.6. The zero-order valence-electron chi connectivity index (χ0n) is 7.60. The molecule has 1 aliphatic rings. The quantitative estimate of drug-likeness (QED) is 0.540. The first-order chi connectivity index (χ1) is 5.70. The average molecular weight is 162 g/mol. The van der Waals surface area contributed by atoms with Crippen molar-refractivity contribution in [1.29, 1.82) is 0 Å². The SMILES string of the molecule is Cc1cc2c(c(C)c1C)OBO2. The fraction of sp³-hybridized carbons (Fsp3) is 0.333. The van der Waals surface area contributed by atoms with Crippen LogP contribution in [0.1, 0.15) is 16.7 Å². The standard InChI is InChI=1S/C9H11BO2/c1-5-4-8-9(12-10-11-8)7(3)6(5)2/h4,10H,1-3H3. The number of aryl methyl sites for hydroxylation is 1. The van der Waals surface area contributed by atoms with Crippen molar-refractivity contribution in [1.82, 2.24) is 0 Å². The molecular formula is C9H11BO2. The van der Waals surface area contributed by atoms with E-state index in [0.717, 1.165) is 11.5 Å². The van der Waals surface area contributed by atoms with E-state index in [1.807, 2.05) is 6.07 Å². The Bertz CT molecular complexity index is 334. The number of hydrogen-bond acceptors (Lipinski definition) is 2. The van der Waals surface area contributed by atoms with Crippen molar-refractivity contribution in [3.05, 3.63) is 22.8 Å². The van der Waals surface area contributed by atoms with E-state index in [0.29, 0.717) is 7.69 Å². The van der Waals surface area contributed by atoms with Gasteiger partial charge in [-0.05, 0) is 43.5 Å². The molecule has 62 valence electrons. The highest BCUT2D eigenvalue weighted by molar-refractivity contribution is 6.23. The molecule has 0 saturated heterocycles. The molecule has 2 nitrogen and oxygen atoms in total. The van der Waals surface area contributed by atoms with Crippen molar-refractivity contribution < 1.29 is 9.31 Å². The van der Waals surface area contributed by atoms with Gasteiger partial charge in [0.1, 0.15) is 11.5 Å². The number of fused-ring (bicyclic) bond motifs is 1. The summed E-state index contributed by atoms with van der Waals surface area (Å²) in [7, 11) is 0.360. The van der Waals surface area contributed by atoms with Crippen LogP contribution in [0.4, 0.5) is 0 Å². The lowest BCUT2D eigenvalue weighted by Gasteiger charge is -2.08. The highest BCUT2D eigenvalue weighted by atomic mass is 16.6. The van der Waals surface area contributed by atoms with Crippen LogP contribution in [0.15, 0.2) is 6.07 Å². The van der Waals surface area contributed by atoms with Crippen LogP contribution in [0.2, 0.25) is 0 Å². The van der Waals surface area contributed by atoms with Crippen LogP contribution in [0.5, 0.6) is 11.5 Å². The number of hydrogen-bond donors (Lipinski definition) is 0. The van der Waals surface area contributed by atoms with E-state index in [1.165, 1.54) is 16.7 Å². The monoisotopic (exact) mass is 162 g/mol. The molecule has 0 aromatic heterocycles. The molecular weight excluding hydrogens is 151 g/mol. The Balaban J connectivity index is 2.67. The summed E-state index contributed by atoms with van der Waals surface area (Å²) in [6, 6.07) is 2.03. The molecule has 0 radical (unpaired) electrons. The van der Waals surface area contributed by atoms with E-state index < -0.39 is 0 Å². The largest absolute Gasteiger partial charge is 0.576 e. The molecule has 0 bridgehead atoms.